The molecule has 2 nitrogen and oxygen atoms in total. The van der Waals surface area contributed by atoms with Crippen molar-refractivity contribution in [2.45, 2.75) is 40.6 Å². The van der Waals surface area contributed by atoms with Gasteiger partial charge in [0.25, 0.3) is 0 Å². The van der Waals surface area contributed by atoms with Gasteiger partial charge in [-0.05, 0) is 24.7 Å². The van der Waals surface area contributed by atoms with Gasteiger partial charge >= 0.3 is 6.36 Å². The van der Waals surface area contributed by atoms with Gasteiger partial charge in [-0.25, -0.2) is 0 Å². The van der Waals surface area contributed by atoms with Crippen molar-refractivity contribution in [3.8, 4) is 5.75 Å². The van der Waals surface area contributed by atoms with Crippen LogP contribution in [0.1, 0.15) is 33.3 Å². The van der Waals surface area contributed by atoms with Gasteiger partial charge in [0.15, 0.2) is 0 Å². The third-order valence-electron chi connectivity index (χ3n) is 1.54. The molecule has 0 saturated carbocycles. The number of ether oxygens (including phenoxy) is 1. The molecule has 0 unspecified atom stereocenters. The quantitative estimate of drug-likeness (QED) is 0.877. The molecular weight excluding hydrogens is 243 g/mol. The number of benzene rings is 1. The third-order valence-corrected chi connectivity index (χ3v) is 1.54. The molecule has 0 aliphatic rings. The zero-order valence-electron chi connectivity index (χ0n) is 11.6. The van der Waals surface area contributed by atoms with Crippen molar-refractivity contribution in [1.82, 2.24) is 5.32 Å². The first-order chi connectivity index (χ1) is 8.51. The Balaban J connectivity index is 0. The summed E-state index contributed by atoms with van der Waals surface area (Å²) in [7, 11) is 1.76. The van der Waals surface area contributed by atoms with E-state index < -0.39 is 6.36 Å². The second-order valence-electron chi connectivity index (χ2n) is 2.72. The number of rotatable bonds is 3. The second-order valence-corrected chi connectivity index (χ2v) is 2.72. The standard InChI is InChI=1S/C9H10F3NO.2C2H6/c1-13-6-7-2-4-8(5-3-7)14-9(10,11)12;2*1-2/h2-5,13H,6H2,1H3;2*1-2H3. The van der Waals surface area contributed by atoms with Crippen LogP contribution >= 0.6 is 0 Å². The SMILES string of the molecule is CC.CC.CNCc1ccc(OC(F)(F)F)cc1. The van der Waals surface area contributed by atoms with Crippen molar-refractivity contribution in [2.24, 2.45) is 0 Å². The Labute approximate surface area is 107 Å². The first kappa shape index (κ1) is 19.1. The van der Waals surface area contributed by atoms with Crippen molar-refractivity contribution in [3.63, 3.8) is 0 Å². The van der Waals surface area contributed by atoms with E-state index in [1.165, 1.54) is 12.1 Å². The minimum absolute atomic E-state index is 0.197. The van der Waals surface area contributed by atoms with Gasteiger partial charge in [0.05, 0.1) is 0 Å². The van der Waals surface area contributed by atoms with Gasteiger partial charge in [0.1, 0.15) is 5.75 Å². The van der Waals surface area contributed by atoms with Crippen LogP contribution in [-0.4, -0.2) is 13.4 Å². The fraction of sp³-hybridized carbons (Fsp3) is 0.538. The molecule has 0 amide bonds. The van der Waals surface area contributed by atoms with Crippen LogP contribution < -0.4 is 10.1 Å². The molecular formula is C13H22F3NO. The molecule has 0 aliphatic carbocycles. The molecule has 1 aromatic rings. The zero-order valence-corrected chi connectivity index (χ0v) is 11.6. The molecule has 1 rings (SSSR count). The van der Waals surface area contributed by atoms with E-state index in [9.17, 15) is 13.2 Å². The highest BCUT2D eigenvalue weighted by molar-refractivity contribution is 5.27. The maximum atomic E-state index is 11.8. The smallest absolute Gasteiger partial charge is 0.406 e. The van der Waals surface area contributed by atoms with Gasteiger partial charge in [-0.3, -0.25) is 0 Å². The highest BCUT2D eigenvalue weighted by Gasteiger charge is 2.30. The van der Waals surface area contributed by atoms with Crippen molar-refractivity contribution in [3.05, 3.63) is 29.8 Å². The molecule has 0 radical (unpaired) electrons. The summed E-state index contributed by atoms with van der Waals surface area (Å²) in [6, 6.07) is 5.75. The van der Waals surface area contributed by atoms with Gasteiger partial charge in [0.2, 0.25) is 0 Å². The Bertz CT molecular complexity index is 283. The molecule has 0 spiro atoms. The Morgan fingerprint density at radius 3 is 1.78 bits per heavy atom. The molecule has 1 aromatic carbocycles. The number of nitrogens with one attached hydrogen (secondary N) is 1. The van der Waals surface area contributed by atoms with E-state index in [2.05, 4.69) is 10.1 Å². The lowest BCUT2D eigenvalue weighted by molar-refractivity contribution is -0.274. The minimum Gasteiger partial charge on any atom is -0.406 e. The first-order valence-electron chi connectivity index (χ1n) is 6.00. The summed E-state index contributed by atoms with van der Waals surface area (Å²) in [4.78, 5) is 0. The van der Waals surface area contributed by atoms with E-state index in [1.54, 1.807) is 19.2 Å². The second kappa shape index (κ2) is 10.9. The van der Waals surface area contributed by atoms with E-state index in [1.807, 2.05) is 27.7 Å². The molecule has 0 saturated heterocycles. The Morgan fingerprint density at radius 1 is 1.00 bits per heavy atom. The highest BCUT2D eigenvalue weighted by Crippen LogP contribution is 2.22. The number of alkyl halides is 3. The summed E-state index contributed by atoms with van der Waals surface area (Å²) in [6.45, 7) is 8.62. The van der Waals surface area contributed by atoms with Crippen LogP contribution in [0.2, 0.25) is 0 Å². The van der Waals surface area contributed by atoms with Crippen molar-refractivity contribution in [2.75, 3.05) is 7.05 Å². The lowest BCUT2D eigenvalue weighted by Gasteiger charge is -2.08. The Kier molecular flexibility index (Phi) is 11.6. The largest absolute Gasteiger partial charge is 0.573 e. The van der Waals surface area contributed by atoms with Crippen LogP contribution in [0.15, 0.2) is 24.3 Å². The molecule has 106 valence electrons. The minimum atomic E-state index is -4.62. The van der Waals surface area contributed by atoms with E-state index in [-0.39, 0.29) is 5.75 Å². The average Bonchev–Trinajstić information content (AvgIpc) is 2.35. The van der Waals surface area contributed by atoms with Gasteiger partial charge in [0, 0.05) is 6.54 Å². The van der Waals surface area contributed by atoms with Gasteiger partial charge in [-0.2, -0.15) is 0 Å². The van der Waals surface area contributed by atoms with Crippen molar-refractivity contribution < 1.29 is 17.9 Å². The fourth-order valence-corrected chi connectivity index (χ4v) is 1.01. The Morgan fingerprint density at radius 2 is 1.44 bits per heavy atom. The summed E-state index contributed by atoms with van der Waals surface area (Å²) < 4.78 is 39.0. The monoisotopic (exact) mass is 265 g/mol. The lowest BCUT2D eigenvalue weighted by atomic mass is 10.2. The molecule has 18 heavy (non-hydrogen) atoms. The Hall–Kier alpha value is -1.23. The number of hydrogen-bond acceptors (Lipinski definition) is 2. The summed E-state index contributed by atoms with van der Waals surface area (Å²) >= 11 is 0. The summed E-state index contributed by atoms with van der Waals surface area (Å²) in [5, 5.41) is 2.89. The molecule has 0 atom stereocenters. The first-order valence-corrected chi connectivity index (χ1v) is 6.00. The predicted molar refractivity (Wildman–Crippen MR) is 68.6 cm³/mol. The average molecular weight is 265 g/mol. The van der Waals surface area contributed by atoms with E-state index in [4.69, 9.17) is 0 Å². The molecule has 0 aliphatic heterocycles. The van der Waals surface area contributed by atoms with Gasteiger partial charge < -0.3 is 10.1 Å². The van der Waals surface area contributed by atoms with Crippen LogP contribution in [0.25, 0.3) is 0 Å². The number of halogens is 3. The molecule has 0 bridgehead atoms. The van der Waals surface area contributed by atoms with Crippen molar-refractivity contribution in [1.29, 1.82) is 0 Å². The topological polar surface area (TPSA) is 21.3 Å². The van der Waals surface area contributed by atoms with Crippen LogP contribution in [0.5, 0.6) is 5.75 Å². The van der Waals surface area contributed by atoms with Gasteiger partial charge in [-0.1, -0.05) is 39.8 Å². The molecule has 0 aromatic heterocycles. The lowest BCUT2D eigenvalue weighted by Crippen LogP contribution is -2.17. The van der Waals surface area contributed by atoms with E-state index in [0.29, 0.717) is 6.54 Å². The highest BCUT2D eigenvalue weighted by atomic mass is 19.4. The van der Waals surface area contributed by atoms with E-state index >= 15 is 0 Å². The predicted octanol–water partition coefficient (Wildman–Crippen LogP) is 4.36. The fourth-order valence-electron chi connectivity index (χ4n) is 1.01. The summed E-state index contributed by atoms with van der Waals surface area (Å²) in [6.07, 6.45) is -4.62. The maximum absolute atomic E-state index is 11.8. The zero-order chi connectivity index (χ0) is 14.6. The van der Waals surface area contributed by atoms with Crippen LogP contribution in [0, 0.1) is 0 Å². The van der Waals surface area contributed by atoms with Crippen LogP contribution in [0.3, 0.4) is 0 Å². The summed E-state index contributed by atoms with van der Waals surface area (Å²) in [5.74, 6) is -0.197. The van der Waals surface area contributed by atoms with Crippen LogP contribution in [-0.2, 0) is 6.54 Å². The molecule has 0 heterocycles. The third kappa shape index (κ3) is 9.96. The normalized spacial score (nSPS) is 9.56. The van der Waals surface area contributed by atoms with E-state index in [0.717, 1.165) is 5.56 Å². The summed E-state index contributed by atoms with van der Waals surface area (Å²) in [5.41, 5.74) is 0.905. The van der Waals surface area contributed by atoms with Gasteiger partial charge in [-0.15, -0.1) is 13.2 Å². The number of hydrogen-bond donors (Lipinski definition) is 1. The van der Waals surface area contributed by atoms with Crippen LogP contribution in [0.4, 0.5) is 13.2 Å². The van der Waals surface area contributed by atoms with Crippen molar-refractivity contribution >= 4 is 0 Å². The molecule has 0 fully saturated rings. The molecule has 5 heteroatoms. The molecule has 1 N–H and O–H groups in total. The maximum Gasteiger partial charge on any atom is 0.573 e.